The molecule has 0 unspecified atom stereocenters. The van der Waals surface area contributed by atoms with Gasteiger partial charge in [0.2, 0.25) is 0 Å². The standard InChI is InChI=1S/C13H9IN2O4/c1-7(17)11-6-10(13(19)20)12(18)16(15-11)9-4-2-8(14)3-5-9/h2-6H,1H3,(H,19,20). The lowest BCUT2D eigenvalue weighted by atomic mass is 10.2. The maximum atomic E-state index is 12.1. The van der Waals surface area contributed by atoms with Gasteiger partial charge < -0.3 is 5.11 Å². The second-order valence-electron chi connectivity index (χ2n) is 4.00. The number of ketones is 1. The lowest BCUT2D eigenvalue weighted by Crippen LogP contribution is -2.29. The Bertz CT molecular complexity index is 750. The number of rotatable bonds is 3. The Morgan fingerprint density at radius 1 is 1.25 bits per heavy atom. The summed E-state index contributed by atoms with van der Waals surface area (Å²) in [6.07, 6.45) is 0. The minimum Gasteiger partial charge on any atom is -0.477 e. The van der Waals surface area contributed by atoms with E-state index in [4.69, 9.17) is 5.11 Å². The molecule has 0 amide bonds. The average Bonchev–Trinajstić information content (AvgIpc) is 2.39. The summed E-state index contributed by atoms with van der Waals surface area (Å²) < 4.78 is 1.89. The topological polar surface area (TPSA) is 89.3 Å². The number of aromatic carboxylic acids is 1. The van der Waals surface area contributed by atoms with E-state index in [1.165, 1.54) is 6.92 Å². The first-order chi connectivity index (χ1) is 9.40. The highest BCUT2D eigenvalue weighted by Crippen LogP contribution is 2.10. The minimum atomic E-state index is -1.39. The Morgan fingerprint density at radius 3 is 2.35 bits per heavy atom. The highest BCUT2D eigenvalue weighted by molar-refractivity contribution is 14.1. The highest BCUT2D eigenvalue weighted by Gasteiger charge is 2.17. The molecule has 0 saturated heterocycles. The molecule has 1 heterocycles. The van der Waals surface area contributed by atoms with Gasteiger partial charge in [-0.1, -0.05) is 0 Å². The monoisotopic (exact) mass is 384 g/mol. The third-order valence-electron chi connectivity index (χ3n) is 2.57. The number of hydrogen-bond donors (Lipinski definition) is 1. The number of carboxylic acids is 1. The first kappa shape index (κ1) is 14.4. The van der Waals surface area contributed by atoms with E-state index >= 15 is 0 Å². The Labute approximate surface area is 127 Å². The van der Waals surface area contributed by atoms with Crippen molar-refractivity contribution in [2.75, 3.05) is 0 Å². The summed E-state index contributed by atoms with van der Waals surface area (Å²) in [5.41, 5.74) is -0.922. The van der Waals surface area contributed by atoms with Crippen molar-refractivity contribution in [2.45, 2.75) is 6.92 Å². The number of halogens is 1. The van der Waals surface area contributed by atoms with Crippen LogP contribution in [0.5, 0.6) is 0 Å². The van der Waals surface area contributed by atoms with Crippen LogP contribution in [0.3, 0.4) is 0 Å². The van der Waals surface area contributed by atoms with Crippen molar-refractivity contribution >= 4 is 34.3 Å². The molecule has 20 heavy (non-hydrogen) atoms. The van der Waals surface area contributed by atoms with Crippen molar-refractivity contribution in [3.63, 3.8) is 0 Å². The molecule has 0 radical (unpaired) electrons. The lowest BCUT2D eigenvalue weighted by Gasteiger charge is -2.07. The number of nitrogens with zero attached hydrogens (tertiary/aromatic N) is 2. The zero-order chi connectivity index (χ0) is 14.9. The largest absolute Gasteiger partial charge is 0.477 e. The van der Waals surface area contributed by atoms with Gasteiger partial charge in [0.05, 0.1) is 5.69 Å². The van der Waals surface area contributed by atoms with Crippen LogP contribution in [0, 0.1) is 3.57 Å². The van der Waals surface area contributed by atoms with Gasteiger partial charge in [-0.3, -0.25) is 9.59 Å². The quantitative estimate of drug-likeness (QED) is 0.643. The molecule has 0 saturated carbocycles. The van der Waals surface area contributed by atoms with Crippen LogP contribution in [-0.4, -0.2) is 26.6 Å². The van der Waals surface area contributed by atoms with E-state index in [0.29, 0.717) is 5.69 Å². The summed E-state index contributed by atoms with van der Waals surface area (Å²) in [5, 5.41) is 12.9. The van der Waals surface area contributed by atoms with Gasteiger partial charge in [-0.15, -0.1) is 0 Å². The molecule has 0 aliphatic rings. The number of carboxylic acid groups (broad SMARTS) is 1. The van der Waals surface area contributed by atoms with E-state index in [0.717, 1.165) is 14.3 Å². The molecule has 1 aromatic heterocycles. The van der Waals surface area contributed by atoms with Gasteiger partial charge in [0.1, 0.15) is 11.3 Å². The normalized spacial score (nSPS) is 10.3. The molecule has 1 aromatic carbocycles. The molecule has 0 spiro atoms. The van der Waals surface area contributed by atoms with Crippen molar-refractivity contribution in [2.24, 2.45) is 0 Å². The number of hydrogen-bond acceptors (Lipinski definition) is 4. The number of aromatic nitrogens is 2. The lowest BCUT2D eigenvalue weighted by molar-refractivity contribution is 0.0694. The maximum absolute atomic E-state index is 12.1. The third-order valence-corrected chi connectivity index (χ3v) is 3.29. The van der Waals surface area contributed by atoms with Crippen LogP contribution in [0.15, 0.2) is 35.1 Å². The average molecular weight is 384 g/mol. The Kier molecular flexibility index (Phi) is 3.98. The van der Waals surface area contributed by atoms with Crippen LogP contribution in [0.1, 0.15) is 27.8 Å². The van der Waals surface area contributed by atoms with Gasteiger partial charge in [0, 0.05) is 10.5 Å². The van der Waals surface area contributed by atoms with Crippen molar-refractivity contribution < 1.29 is 14.7 Å². The Balaban J connectivity index is 2.74. The minimum absolute atomic E-state index is 0.0689. The third kappa shape index (κ3) is 2.77. The molecular formula is C13H9IN2O4. The van der Waals surface area contributed by atoms with Gasteiger partial charge in [0.15, 0.2) is 5.78 Å². The van der Waals surface area contributed by atoms with Gasteiger partial charge in [-0.25, -0.2) is 4.79 Å². The van der Waals surface area contributed by atoms with Crippen LogP contribution < -0.4 is 5.56 Å². The molecule has 0 atom stereocenters. The SMILES string of the molecule is CC(=O)c1cc(C(=O)O)c(=O)n(-c2ccc(I)cc2)n1. The van der Waals surface area contributed by atoms with Gasteiger partial charge in [0.25, 0.3) is 5.56 Å². The maximum Gasteiger partial charge on any atom is 0.341 e. The van der Waals surface area contributed by atoms with Gasteiger partial charge in [-0.2, -0.15) is 9.78 Å². The fraction of sp³-hybridized carbons (Fsp3) is 0.0769. The summed E-state index contributed by atoms with van der Waals surface area (Å²) in [6, 6.07) is 7.77. The van der Waals surface area contributed by atoms with Gasteiger partial charge in [-0.05, 0) is 52.9 Å². The van der Waals surface area contributed by atoms with Crippen LogP contribution >= 0.6 is 22.6 Å². The molecule has 102 valence electrons. The molecule has 0 aliphatic heterocycles. The number of carbonyl (C=O) groups excluding carboxylic acids is 1. The Morgan fingerprint density at radius 2 is 1.85 bits per heavy atom. The second kappa shape index (κ2) is 5.53. The molecule has 0 aliphatic carbocycles. The molecule has 2 aromatic rings. The molecular weight excluding hydrogens is 375 g/mol. The predicted octanol–water partition coefficient (Wildman–Crippen LogP) is 1.74. The first-order valence-electron chi connectivity index (χ1n) is 5.54. The van der Waals surface area contributed by atoms with E-state index in [9.17, 15) is 14.4 Å². The smallest absolute Gasteiger partial charge is 0.341 e. The fourth-order valence-corrected chi connectivity index (χ4v) is 1.94. The summed E-state index contributed by atoms with van der Waals surface area (Å²) >= 11 is 2.10. The molecule has 6 nitrogen and oxygen atoms in total. The van der Waals surface area contributed by atoms with Crippen molar-refractivity contribution in [3.8, 4) is 5.69 Å². The van der Waals surface area contributed by atoms with E-state index in [1.54, 1.807) is 24.3 Å². The number of carbonyl (C=O) groups is 2. The highest BCUT2D eigenvalue weighted by atomic mass is 127. The first-order valence-corrected chi connectivity index (χ1v) is 6.62. The van der Waals surface area contributed by atoms with Gasteiger partial charge >= 0.3 is 5.97 Å². The number of Topliss-reactive ketones (excluding diaryl/α,β-unsaturated/α-hetero) is 1. The zero-order valence-corrected chi connectivity index (χ0v) is 12.5. The molecule has 7 heteroatoms. The predicted molar refractivity (Wildman–Crippen MR) is 79.5 cm³/mol. The molecule has 2 rings (SSSR count). The van der Waals surface area contributed by atoms with Crippen molar-refractivity contribution in [1.82, 2.24) is 9.78 Å². The van der Waals surface area contributed by atoms with Crippen LogP contribution in [0.2, 0.25) is 0 Å². The molecule has 1 N–H and O–H groups in total. The molecule has 0 bridgehead atoms. The van der Waals surface area contributed by atoms with Crippen LogP contribution in [0.25, 0.3) is 5.69 Å². The van der Waals surface area contributed by atoms with E-state index < -0.39 is 22.9 Å². The van der Waals surface area contributed by atoms with Crippen molar-refractivity contribution in [3.05, 3.63) is 55.5 Å². The summed E-state index contributed by atoms with van der Waals surface area (Å²) in [7, 11) is 0. The number of benzene rings is 1. The summed E-state index contributed by atoms with van der Waals surface area (Å²) in [4.78, 5) is 34.6. The van der Waals surface area contributed by atoms with E-state index in [1.807, 2.05) is 0 Å². The molecule has 0 fully saturated rings. The fourth-order valence-electron chi connectivity index (χ4n) is 1.58. The van der Waals surface area contributed by atoms with E-state index in [2.05, 4.69) is 27.7 Å². The summed E-state index contributed by atoms with van der Waals surface area (Å²) in [5.74, 6) is -1.80. The van der Waals surface area contributed by atoms with E-state index in [-0.39, 0.29) is 5.69 Å². The van der Waals surface area contributed by atoms with Crippen LogP contribution in [0.4, 0.5) is 0 Å². The van der Waals surface area contributed by atoms with Crippen molar-refractivity contribution in [1.29, 1.82) is 0 Å². The van der Waals surface area contributed by atoms with Crippen LogP contribution in [-0.2, 0) is 0 Å². The second-order valence-corrected chi connectivity index (χ2v) is 5.24. The summed E-state index contributed by atoms with van der Waals surface area (Å²) in [6.45, 7) is 1.26. The zero-order valence-electron chi connectivity index (χ0n) is 10.3. The Hall–Kier alpha value is -2.03.